The largest absolute Gasteiger partial charge is 0.435 e. The first-order chi connectivity index (χ1) is 17.1. The second kappa shape index (κ2) is 9.99. The lowest BCUT2D eigenvalue weighted by Gasteiger charge is -2.15. The van der Waals surface area contributed by atoms with Crippen LogP contribution in [0.25, 0.3) is 0 Å². The fourth-order valence-corrected chi connectivity index (χ4v) is 3.84. The molecule has 0 radical (unpaired) electrons. The maximum Gasteiger partial charge on any atom is 0.435 e. The van der Waals surface area contributed by atoms with Gasteiger partial charge in [0.1, 0.15) is 5.69 Å². The number of allylic oxidation sites excluding steroid dienone is 1. The van der Waals surface area contributed by atoms with Crippen molar-refractivity contribution in [1.29, 1.82) is 0 Å². The highest BCUT2D eigenvalue weighted by Gasteiger charge is 2.34. The molecule has 3 aromatic rings. The first-order valence-electron chi connectivity index (χ1n) is 11.5. The quantitative estimate of drug-likeness (QED) is 0.381. The second-order valence-corrected chi connectivity index (χ2v) is 8.62. The van der Waals surface area contributed by atoms with E-state index in [4.69, 9.17) is 0 Å². The molecule has 1 aliphatic rings. The third-order valence-corrected chi connectivity index (χ3v) is 5.88. The summed E-state index contributed by atoms with van der Waals surface area (Å²) >= 11 is 0. The fraction of sp³-hybridized carbons (Fsp3) is 0.435. The van der Waals surface area contributed by atoms with Crippen LogP contribution in [0.3, 0.4) is 0 Å². The number of hydrogen-bond donors (Lipinski definition) is 3. The summed E-state index contributed by atoms with van der Waals surface area (Å²) in [6.07, 6.45) is 2.75. The monoisotopic (exact) mass is 503 g/mol. The Labute approximate surface area is 206 Å². The van der Waals surface area contributed by atoms with Crippen LogP contribution in [-0.2, 0) is 31.1 Å². The SMILES string of the molecule is C/C=C(\C(=O)Nc1c(C)nc(NCc2cnn(Cc3cc(C(F)(F)F)nn3C)c2)nc1NC)C1CC1. The highest BCUT2D eigenvalue weighted by atomic mass is 19.4. The predicted molar refractivity (Wildman–Crippen MR) is 128 cm³/mol. The topological polar surface area (TPSA) is 115 Å². The molecule has 192 valence electrons. The van der Waals surface area contributed by atoms with Crippen LogP contribution in [0.15, 0.2) is 30.1 Å². The number of nitrogens with one attached hydrogen (secondary N) is 3. The smallest absolute Gasteiger partial charge is 0.371 e. The highest BCUT2D eigenvalue weighted by Crippen LogP contribution is 2.37. The summed E-state index contributed by atoms with van der Waals surface area (Å²) in [5.74, 6) is 1.02. The van der Waals surface area contributed by atoms with Crippen LogP contribution in [0.1, 0.15) is 42.4 Å². The van der Waals surface area contributed by atoms with Gasteiger partial charge >= 0.3 is 6.18 Å². The Kier molecular flexibility index (Phi) is 7.00. The molecule has 13 heteroatoms. The summed E-state index contributed by atoms with van der Waals surface area (Å²) in [7, 11) is 3.18. The van der Waals surface area contributed by atoms with Crippen LogP contribution in [0.5, 0.6) is 0 Å². The summed E-state index contributed by atoms with van der Waals surface area (Å²) in [6.45, 7) is 4.14. The minimum Gasteiger partial charge on any atom is -0.371 e. The van der Waals surface area contributed by atoms with E-state index in [1.807, 2.05) is 13.0 Å². The van der Waals surface area contributed by atoms with E-state index in [1.54, 1.807) is 26.4 Å². The Bertz CT molecular complexity index is 1290. The highest BCUT2D eigenvalue weighted by molar-refractivity contribution is 6.06. The van der Waals surface area contributed by atoms with Gasteiger partial charge in [-0.3, -0.25) is 14.2 Å². The number of amides is 1. The molecule has 0 bridgehead atoms. The van der Waals surface area contributed by atoms with E-state index in [2.05, 4.69) is 36.1 Å². The molecule has 0 aliphatic heterocycles. The number of alkyl halides is 3. The molecule has 10 nitrogen and oxygen atoms in total. The number of halogens is 3. The molecule has 3 aromatic heterocycles. The van der Waals surface area contributed by atoms with Gasteiger partial charge in [-0.15, -0.1) is 0 Å². The average molecular weight is 504 g/mol. The number of rotatable bonds is 9. The number of aromatic nitrogens is 6. The minimum atomic E-state index is -4.50. The molecule has 1 aliphatic carbocycles. The number of hydrogen-bond acceptors (Lipinski definition) is 7. The fourth-order valence-electron chi connectivity index (χ4n) is 3.84. The first kappa shape index (κ1) is 25.2. The van der Waals surface area contributed by atoms with Gasteiger partial charge in [-0.2, -0.15) is 28.4 Å². The molecule has 0 spiro atoms. The summed E-state index contributed by atoms with van der Waals surface area (Å²) < 4.78 is 41.4. The third kappa shape index (κ3) is 5.66. The van der Waals surface area contributed by atoms with Gasteiger partial charge in [0.25, 0.3) is 5.91 Å². The zero-order valence-corrected chi connectivity index (χ0v) is 20.4. The Morgan fingerprint density at radius 3 is 2.64 bits per heavy atom. The normalized spacial score (nSPS) is 14.1. The molecule has 0 saturated heterocycles. The average Bonchev–Trinajstić information content (AvgIpc) is 3.43. The van der Waals surface area contributed by atoms with Crippen molar-refractivity contribution in [2.45, 2.75) is 46.0 Å². The molecule has 1 amide bonds. The van der Waals surface area contributed by atoms with Gasteiger partial charge in [0.2, 0.25) is 5.95 Å². The lowest BCUT2D eigenvalue weighted by molar-refractivity contribution is -0.141. The van der Waals surface area contributed by atoms with Crippen LogP contribution in [0.4, 0.5) is 30.6 Å². The number of carbonyl (C=O) groups is 1. The second-order valence-electron chi connectivity index (χ2n) is 8.62. The number of aryl methyl sites for hydroxylation is 2. The van der Waals surface area contributed by atoms with Gasteiger partial charge < -0.3 is 16.0 Å². The molecule has 1 fully saturated rings. The van der Waals surface area contributed by atoms with Crippen molar-refractivity contribution in [2.24, 2.45) is 13.0 Å². The van der Waals surface area contributed by atoms with Crippen molar-refractivity contribution in [2.75, 3.05) is 23.0 Å². The Hall–Kier alpha value is -3.90. The van der Waals surface area contributed by atoms with Crippen molar-refractivity contribution in [3.8, 4) is 0 Å². The molecule has 0 unspecified atom stereocenters. The Balaban J connectivity index is 1.41. The minimum absolute atomic E-state index is 0.141. The predicted octanol–water partition coefficient (Wildman–Crippen LogP) is 3.73. The van der Waals surface area contributed by atoms with Gasteiger partial charge in [0.05, 0.1) is 24.1 Å². The molecule has 3 N–H and O–H groups in total. The zero-order valence-electron chi connectivity index (χ0n) is 20.4. The molecule has 0 atom stereocenters. The maximum absolute atomic E-state index is 12.9. The van der Waals surface area contributed by atoms with Crippen molar-refractivity contribution < 1.29 is 18.0 Å². The van der Waals surface area contributed by atoms with Crippen molar-refractivity contribution in [3.05, 3.63) is 52.8 Å². The van der Waals surface area contributed by atoms with Crippen molar-refractivity contribution in [3.63, 3.8) is 0 Å². The van der Waals surface area contributed by atoms with Gasteiger partial charge in [-0.1, -0.05) is 6.08 Å². The molecule has 1 saturated carbocycles. The van der Waals surface area contributed by atoms with E-state index in [-0.39, 0.29) is 12.5 Å². The van der Waals surface area contributed by atoms with Gasteiger partial charge in [-0.05, 0) is 38.7 Å². The van der Waals surface area contributed by atoms with Crippen LogP contribution >= 0.6 is 0 Å². The van der Waals surface area contributed by atoms with Gasteiger partial charge in [-0.25, -0.2) is 4.98 Å². The molecular weight excluding hydrogens is 475 g/mol. The van der Waals surface area contributed by atoms with E-state index in [1.165, 1.54) is 16.4 Å². The molecule has 36 heavy (non-hydrogen) atoms. The van der Waals surface area contributed by atoms with E-state index >= 15 is 0 Å². The van der Waals surface area contributed by atoms with Crippen molar-refractivity contribution >= 4 is 23.4 Å². The van der Waals surface area contributed by atoms with Gasteiger partial charge in [0.15, 0.2) is 11.5 Å². The number of anilines is 3. The standard InChI is InChI=1S/C23H28F3N9O/c1-5-17(15-6-7-15)21(36)31-19-13(2)30-22(32-20(19)27-3)28-9-14-10-29-35(11-14)12-16-8-18(23(24,25)26)33-34(16)4/h5,8,10-11,15H,6-7,9,12H2,1-4H3,(H,31,36)(H2,27,28,30,32)/b17-5-. The molecule has 0 aromatic carbocycles. The molecule has 4 rings (SSSR count). The molecule has 3 heterocycles. The Morgan fingerprint density at radius 2 is 2.03 bits per heavy atom. The molecular formula is C23H28F3N9O. The van der Waals surface area contributed by atoms with E-state index in [9.17, 15) is 18.0 Å². The van der Waals surface area contributed by atoms with E-state index in [0.717, 1.165) is 30.0 Å². The number of carbonyl (C=O) groups excluding carboxylic acids is 1. The van der Waals surface area contributed by atoms with Gasteiger partial charge in [0, 0.05) is 38.0 Å². The summed E-state index contributed by atoms with van der Waals surface area (Å²) in [4.78, 5) is 21.6. The number of nitrogens with zero attached hydrogens (tertiary/aromatic N) is 6. The Morgan fingerprint density at radius 1 is 1.28 bits per heavy atom. The maximum atomic E-state index is 12.9. The van der Waals surface area contributed by atoms with Crippen LogP contribution in [-0.4, -0.2) is 42.5 Å². The van der Waals surface area contributed by atoms with Crippen molar-refractivity contribution in [1.82, 2.24) is 29.5 Å². The van der Waals surface area contributed by atoms with E-state index in [0.29, 0.717) is 41.3 Å². The third-order valence-electron chi connectivity index (χ3n) is 5.88. The van der Waals surface area contributed by atoms with E-state index < -0.39 is 11.9 Å². The van der Waals surface area contributed by atoms with Crippen LogP contribution < -0.4 is 16.0 Å². The summed E-state index contributed by atoms with van der Waals surface area (Å²) in [5, 5.41) is 16.8. The summed E-state index contributed by atoms with van der Waals surface area (Å²) in [6, 6.07) is 1.01. The lowest BCUT2D eigenvalue weighted by atomic mass is 10.1. The summed E-state index contributed by atoms with van der Waals surface area (Å²) in [5.41, 5.74) is 2.13. The van der Waals surface area contributed by atoms with Crippen LogP contribution in [0, 0.1) is 12.8 Å². The zero-order chi connectivity index (χ0) is 26.0. The first-order valence-corrected chi connectivity index (χ1v) is 11.5. The van der Waals surface area contributed by atoms with Crippen LogP contribution in [0.2, 0.25) is 0 Å². The lowest BCUT2D eigenvalue weighted by Crippen LogP contribution is -2.19.